The summed E-state index contributed by atoms with van der Waals surface area (Å²) in [6.45, 7) is 0. The van der Waals surface area contributed by atoms with Crippen LogP contribution >= 0.6 is 23.2 Å². The topological polar surface area (TPSA) is 28.7 Å². The summed E-state index contributed by atoms with van der Waals surface area (Å²) in [6, 6.07) is 25.5. The zero-order valence-corrected chi connectivity index (χ0v) is 14.7. The minimum absolute atomic E-state index is 0.679. The lowest BCUT2D eigenvalue weighted by Crippen LogP contribution is -1.84. The number of benzene rings is 3. The van der Waals surface area contributed by atoms with E-state index in [-0.39, 0.29) is 0 Å². The van der Waals surface area contributed by atoms with Crippen molar-refractivity contribution in [3.63, 3.8) is 0 Å². The third-order valence-electron chi connectivity index (χ3n) is 3.96. The Morgan fingerprint density at radius 2 is 1.24 bits per heavy atom. The summed E-state index contributed by atoms with van der Waals surface area (Å²) < 4.78 is 0. The van der Waals surface area contributed by atoms with Crippen LogP contribution in [0.2, 0.25) is 10.0 Å². The first-order chi connectivity index (χ1) is 12.2. The van der Waals surface area contributed by atoms with Crippen LogP contribution in [0.15, 0.2) is 78.9 Å². The number of rotatable bonds is 3. The third-order valence-corrected chi connectivity index (χ3v) is 4.43. The van der Waals surface area contributed by atoms with Gasteiger partial charge in [-0.1, -0.05) is 77.8 Å². The van der Waals surface area contributed by atoms with Crippen molar-refractivity contribution in [2.75, 3.05) is 0 Å². The van der Waals surface area contributed by atoms with Gasteiger partial charge in [0.2, 0.25) is 0 Å². The Balaban J connectivity index is 1.93. The number of aromatic nitrogens is 2. The second-order valence-corrected chi connectivity index (χ2v) is 6.57. The first-order valence-corrected chi connectivity index (χ1v) is 8.63. The molecule has 4 rings (SSSR count). The minimum Gasteiger partial charge on any atom is -0.337 e. The lowest BCUT2D eigenvalue weighted by atomic mass is 10.1. The SMILES string of the molecule is Clc1cccc(-c2nc(-c3ccccc3)[nH]c2-c2cccc(Cl)c2)c1. The van der Waals surface area contributed by atoms with Gasteiger partial charge in [-0.15, -0.1) is 0 Å². The van der Waals surface area contributed by atoms with Gasteiger partial charge in [0.05, 0.1) is 11.4 Å². The van der Waals surface area contributed by atoms with Crippen molar-refractivity contribution in [3.8, 4) is 33.9 Å². The zero-order valence-electron chi connectivity index (χ0n) is 13.2. The summed E-state index contributed by atoms with van der Waals surface area (Å²) in [6.07, 6.45) is 0. The van der Waals surface area contributed by atoms with Gasteiger partial charge in [0.1, 0.15) is 5.82 Å². The average molecular weight is 365 g/mol. The molecule has 0 aliphatic carbocycles. The monoisotopic (exact) mass is 364 g/mol. The van der Waals surface area contributed by atoms with E-state index in [0.29, 0.717) is 10.0 Å². The fourth-order valence-corrected chi connectivity index (χ4v) is 3.18. The predicted octanol–water partition coefficient (Wildman–Crippen LogP) is 6.72. The molecule has 0 atom stereocenters. The predicted molar refractivity (Wildman–Crippen MR) is 105 cm³/mol. The second kappa shape index (κ2) is 6.75. The first kappa shape index (κ1) is 15.9. The van der Waals surface area contributed by atoms with Crippen LogP contribution in [-0.4, -0.2) is 9.97 Å². The van der Waals surface area contributed by atoms with Gasteiger partial charge in [-0.25, -0.2) is 4.98 Å². The van der Waals surface area contributed by atoms with E-state index in [0.717, 1.165) is 33.9 Å². The van der Waals surface area contributed by atoms with Crippen LogP contribution < -0.4 is 0 Å². The molecular formula is C21H14Cl2N2. The van der Waals surface area contributed by atoms with Crippen LogP contribution in [0, 0.1) is 0 Å². The molecule has 0 amide bonds. The molecule has 4 heteroatoms. The van der Waals surface area contributed by atoms with Crippen molar-refractivity contribution in [2.45, 2.75) is 0 Å². The number of H-pyrrole nitrogens is 1. The number of hydrogen-bond donors (Lipinski definition) is 1. The summed E-state index contributed by atoms with van der Waals surface area (Å²) in [4.78, 5) is 8.29. The fraction of sp³-hybridized carbons (Fsp3) is 0. The standard InChI is InChI=1S/C21H14Cl2N2/c22-17-10-4-8-15(12-17)19-20(16-9-5-11-18(23)13-16)25-21(24-19)14-6-2-1-3-7-14/h1-13H,(H,24,25). The Hall–Kier alpha value is -2.55. The second-order valence-electron chi connectivity index (χ2n) is 5.70. The van der Waals surface area contributed by atoms with Crippen molar-refractivity contribution >= 4 is 23.2 Å². The minimum atomic E-state index is 0.679. The van der Waals surface area contributed by atoms with Crippen LogP contribution in [0.1, 0.15) is 0 Å². The Bertz CT molecular complexity index is 960. The van der Waals surface area contributed by atoms with Crippen molar-refractivity contribution in [1.82, 2.24) is 9.97 Å². The molecule has 0 aliphatic heterocycles. The number of nitrogens with zero attached hydrogens (tertiary/aromatic N) is 1. The van der Waals surface area contributed by atoms with Gasteiger partial charge < -0.3 is 4.98 Å². The Morgan fingerprint density at radius 1 is 0.640 bits per heavy atom. The molecule has 0 unspecified atom stereocenters. The molecule has 0 fully saturated rings. The lowest BCUT2D eigenvalue weighted by molar-refractivity contribution is 1.31. The molecular weight excluding hydrogens is 351 g/mol. The molecule has 1 N–H and O–H groups in total. The molecule has 0 bridgehead atoms. The van der Waals surface area contributed by atoms with Crippen molar-refractivity contribution in [2.24, 2.45) is 0 Å². The van der Waals surface area contributed by atoms with Gasteiger partial charge in [0.15, 0.2) is 0 Å². The number of imidazole rings is 1. The normalized spacial score (nSPS) is 10.8. The molecule has 2 nitrogen and oxygen atoms in total. The maximum absolute atomic E-state index is 6.19. The summed E-state index contributed by atoms with van der Waals surface area (Å²) >= 11 is 12.4. The Kier molecular flexibility index (Phi) is 4.31. The molecule has 1 heterocycles. The van der Waals surface area contributed by atoms with E-state index in [4.69, 9.17) is 28.2 Å². The maximum Gasteiger partial charge on any atom is 0.138 e. The van der Waals surface area contributed by atoms with Crippen molar-refractivity contribution in [1.29, 1.82) is 0 Å². The van der Waals surface area contributed by atoms with E-state index in [9.17, 15) is 0 Å². The van der Waals surface area contributed by atoms with E-state index >= 15 is 0 Å². The Labute approximate surface area is 156 Å². The van der Waals surface area contributed by atoms with Gasteiger partial charge in [0, 0.05) is 26.7 Å². The molecule has 0 aliphatic rings. The summed E-state index contributed by atoms with van der Waals surface area (Å²) in [5.41, 5.74) is 4.74. The van der Waals surface area contributed by atoms with Gasteiger partial charge >= 0.3 is 0 Å². The van der Waals surface area contributed by atoms with E-state index in [1.807, 2.05) is 78.9 Å². The molecule has 4 aromatic rings. The summed E-state index contributed by atoms with van der Waals surface area (Å²) in [7, 11) is 0. The highest BCUT2D eigenvalue weighted by molar-refractivity contribution is 6.31. The smallest absolute Gasteiger partial charge is 0.138 e. The first-order valence-electron chi connectivity index (χ1n) is 7.88. The molecule has 0 saturated heterocycles. The molecule has 25 heavy (non-hydrogen) atoms. The summed E-state index contributed by atoms with van der Waals surface area (Å²) in [5.74, 6) is 0.811. The van der Waals surface area contributed by atoms with E-state index in [1.54, 1.807) is 0 Å². The highest BCUT2D eigenvalue weighted by atomic mass is 35.5. The van der Waals surface area contributed by atoms with Gasteiger partial charge in [-0.3, -0.25) is 0 Å². The van der Waals surface area contributed by atoms with Crippen LogP contribution in [0.3, 0.4) is 0 Å². The van der Waals surface area contributed by atoms with Crippen molar-refractivity contribution < 1.29 is 0 Å². The van der Waals surface area contributed by atoms with Crippen molar-refractivity contribution in [3.05, 3.63) is 88.9 Å². The zero-order chi connectivity index (χ0) is 17.2. The lowest BCUT2D eigenvalue weighted by Gasteiger charge is -2.04. The quantitative estimate of drug-likeness (QED) is 0.429. The maximum atomic E-state index is 6.19. The number of halogens is 2. The molecule has 0 spiro atoms. The summed E-state index contributed by atoms with van der Waals surface area (Å²) in [5, 5.41) is 1.37. The molecule has 1 aromatic heterocycles. The average Bonchev–Trinajstić information content (AvgIpc) is 3.08. The van der Waals surface area contributed by atoms with Gasteiger partial charge in [0.25, 0.3) is 0 Å². The highest BCUT2D eigenvalue weighted by Crippen LogP contribution is 2.34. The van der Waals surface area contributed by atoms with Crippen LogP contribution in [-0.2, 0) is 0 Å². The molecule has 122 valence electrons. The molecule has 0 radical (unpaired) electrons. The largest absolute Gasteiger partial charge is 0.337 e. The number of nitrogens with one attached hydrogen (secondary N) is 1. The van der Waals surface area contributed by atoms with Gasteiger partial charge in [-0.05, 0) is 24.3 Å². The van der Waals surface area contributed by atoms with Crippen LogP contribution in [0.25, 0.3) is 33.9 Å². The number of aromatic amines is 1. The van der Waals surface area contributed by atoms with E-state index in [1.165, 1.54) is 0 Å². The van der Waals surface area contributed by atoms with E-state index < -0.39 is 0 Å². The third kappa shape index (κ3) is 3.32. The molecule has 0 saturated carbocycles. The van der Waals surface area contributed by atoms with Crippen LogP contribution in [0.4, 0.5) is 0 Å². The number of hydrogen-bond acceptors (Lipinski definition) is 1. The van der Waals surface area contributed by atoms with Crippen LogP contribution in [0.5, 0.6) is 0 Å². The fourth-order valence-electron chi connectivity index (χ4n) is 2.80. The molecule has 3 aromatic carbocycles. The van der Waals surface area contributed by atoms with Gasteiger partial charge in [-0.2, -0.15) is 0 Å². The highest BCUT2D eigenvalue weighted by Gasteiger charge is 2.15. The Morgan fingerprint density at radius 3 is 1.92 bits per heavy atom. The van der Waals surface area contributed by atoms with E-state index in [2.05, 4.69) is 4.98 Å².